The van der Waals surface area contributed by atoms with Crippen molar-refractivity contribution in [1.82, 2.24) is 9.80 Å². The zero-order valence-corrected chi connectivity index (χ0v) is 17.1. The molecule has 0 bridgehead atoms. The topological polar surface area (TPSA) is 62.2 Å². The molecule has 1 aromatic carbocycles. The van der Waals surface area contributed by atoms with E-state index in [1.54, 1.807) is 4.90 Å². The number of carbonyl (C=O) groups excluding carboxylic acids is 1. The lowest BCUT2D eigenvalue weighted by Gasteiger charge is -2.24. The van der Waals surface area contributed by atoms with Crippen LogP contribution in [0.2, 0.25) is 0 Å². The van der Waals surface area contributed by atoms with Crippen LogP contribution in [0, 0.1) is 19.8 Å². The summed E-state index contributed by atoms with van der Waals surface area (Å²) in [5, 5.41) is 10.4. The summed E-state index contributed by atoms with van der Waals surface area (Å²) in [5.74, 6) is 1.16. The molecular weight excluding hydrogens is 344 g/mol. The molecule has 0 spiro atoms. The maximum absolute atomic E-state index is 12.1. The first-order valence-electron chi connectivity index (χ1n) is 9.87. The fraction of sp³-hybridized carbons (Fsp3) is 0.667. The van der Waals surface area contributed by atoms with Crippen LogP contribution in [0.4, 0.5) is 4.79 Å². The second-order valence-corrected chi connectivity index (χ2v) is 7.85. The van der Waals surface area contributed by atoms with E-state index < -0.39 is 6.10 Å². The number of aryl methyl sites for hydroxylation is 2. The molecular formula is C21H34N2O4. The van der Waals surface area contributed by atoms with Gasteiger partial charge < -0.3 is 19.5 Å². The Morgan fingerprint density at radius 3 is 2.67 bits per heavy atom. The average molecular weight is 379 g/mol. The molecule has 2 rings (SSSR count). The number of ether oxygens (including phenoxy) is 2. The predicted molar refractivity (Wildman–Crippen MR) is 106 cm³/mol. The van der Waals surface area contributed by atoms with Crippen molar-refractivity contribution in [3.05, 3.63) is 29.3 Å². The lowest BCUT2D eigenvalue weighted by molar-refractivity contribution is 0.0677. The second-order valence-electron chi connectivity index (χ2n) is 7.85. The molecule has 1 aliphatic heterocycles. The van der Waals surface area contributed by atoms with Gasteiger partial charge in [0.1, 0.15) is 18.5 Å². The third kappa shape index (κ3) is 7.39. The van der Waals surface area contributed by atoms with E-state index in [9.17, 15) is 9.90 Å². The van der Waals surface area contributed by atoms with E-state index in [4.69, 9.17) is 9.47 Å². The van der Waals surface area contributed by atoms with Crippen molar-refractivity contribution in [3.8, 4) is 5.75 Å². The molecule has 1 N–H and O–H groups in total. The van der Waals surface area contributed by atoms with Crippen molar-refractivity contribution in [3.63, 3.8) is 0 Å². The number of β-amino-alcohol motifs (C(OH)–C–C–N with tert-alkyl or cyclic N) is 1. The molecule has 0 aliphatic carbocycles. The van der Waals surface area contributed by atoms with Crippen molar-refractivity contribution < 1.29 is 19.4 Å². The molecule has 6 nitrogen and oxygen atoms in total. The number of benzene rings is 1. The number of aliphatic hydroxyl groups excluding tert-OH is 1. The first-order valence-corrected chi connectivity index (χ1v) is 9.87. The SMILES string of the molecule is Cc1ccc(C)c(OCC(O)CN2CCCN(C(=O)OCC(C)C)CC2)c1. The van der Waals surface area contributed by atoms with Crippen LogP contribution >= 0.6 is 0 Å². The van der Waals surface area contributed by atoms with E-state index in [1.807, 2.05) is 45.9 Å². The van der Waals surface area contributed by atoms with E-state index in [0.29, 0.717) is 32.2 Å². The summed E-state index contributed by atoms with van der Waals surface area (Å²) in [4.78, 5) is 16.1. The fourth-order valence-corrected chi connectivity index (χ4v) is 3.06. The number of aliphatic hydroxyl groups is 1. The summed E-state index contributed by atoms with van der Waals surface area (Å²) in [5.41, 5.74) is 2.21. The van der Waals surface area contributed by atoms with Crippen LogP contribution in [0.5, 0.6) is 5.75 Å². The fourth-order valence-electron chi connectivity index (χ4n) is 3.06. The highest BCUT2D eigenvalue weighted by Gasteiger charge is 2.22. The number of rotatable bonds is 7. The van der Waals surface area contributed by atoms with Gasteiger partial charge in [0.25, 0.3) is 0 Å². The maximum atomic E-state index is 12.1. The molecule has 1 aliphatic rings. The highest BCUT2D eigenvalue weighted by Crippen LogP contribution is 2.19. The zero-order chi connectivity index (χ0) is 19.8. The Morgan fingerprint density at radius 1 is 1.15 bits per heavy atom. The van der Waals surface area contributed by atoms with E-state index >= 15 is 0 Å². The Hall–Kier alpha value is -1.79. The Morgan fingerprint density at radius 2 is 1.93 bits per heavy atom. The Labute approximate surface area is 163 Å². The highest BCUT2D eigenvalue weighted by molar-refractivity contribution is 5.67. The summed E-state index contributed by atoms with van der Waals surface area (Å²) < 4.78 is 11.1. The van der Waals surface area contributed by atoms with Crippen LogP contribution in [-0.4, -0.2) is 73.0 Å². The number of nitrogens with zero attached hydrogens (tertiary/aromatic N) is 2. The van der Waals surface area contributed by atoms with E-state index in [0.717, 1.165) is 36.4 Å². The lowest BCUT2D eigenvalue weighted by Crippen LogP contribution is -2.39. The van der Waals surface area contributed by atoms with Crippen molar-refractivity contribution in [2.24, 2.45) is 5.92 Å². The van der Waals surface area contributed by atoms with Gasteiger partial charge in [0, 0.05) is 32.7 Å². The predicted octanol–water partition coefficient (Wildman–Crippen LogP) is 2.84. The monoisotopic (exact) mass is 378 g/mol. The summed E-state index contributed by atoms with van der Waals surface area (Å²) in [6.07, 6.45) is 0.0788. The maximum Gasteiger partial charge on any atom is 0.409 e. The molecule has 0 aromatic heterocycles. The minimum atomic E-state index is -0.565. The van der Waals surface area contributed by atoms with Crippen molar-refractivity contribution in [2.75, 3.05) is 45.9 Å². The van der Waals surface area contributed by atoms with Crippen LogP contribution < -0.4 is 4.74 Å². The molecule has 1 heterocycles. The highest BCUT2D eigenvalue weighted by atomic mass is 16.6. The minimum Gasteiger partial charge on any atom is -0.491 e. The summed E-state index contributed by atoms with van der Waals surface area (Å²) in [6.45, 7) is 12.3. The zero-order valence-electron chi connectivity index (χ0n) is 17.1. The van der Waals surface area contributed by atoms with Gasteiger partial charge in [-0.15, -0.1) is 0 Å². The molecule has 1 aromatic rings. The Balaban J connectivity index is 1.75. The quantitative estimate of drug-likeness (QED) is 0.790. The van der Waals surface area contributed by atoms with Gasteiger partial charge in [0.15, 0.2) is 0 Å². The van der Waals surface area contributed by atoms with Crippen molar-refractivity contribution >= 4 is 6.09 Å². The van der Waals surface area contributed by atoms with Crippen molar-refractivity contribution in [2.45, 2.75) is 40.2 Å². The standard InChI is InChI=1S/C21H34N2O4/c1-16(2)14-27-21(25)23-9-5-8-22(10-11-23)13-19(24)15-26-20-12-17(3)6-7-18(20)4/h6-7,12,16,19,24H,5,8-11,13-15H2,1-4H3. The molecule has 152 valence electrons. The average Bonchev–Trinajstić information content (AvgIpc) is 2.86. The smallest absolute Gasteiger partial charge is 0.409 e. The first-order chi connectivity index (χ1) is 12.8. The third-order valence-electron chi connectivity index (χ3n) is 4.63. The Kier molecular flexibility index (Phi) is 8.38. The molecule has 6 heteroatoms. The van der Waals surface area contributed by atoms with Crippen LogP contribution in [0.3, 0.4) is 0 Å². The van der Waals surface area contributed by atoms with Crippen LogP contribution in [0.1, 0.15) is 31.4 Å². The van der Waals surface area contributed by atoms with Gasteiger partial charge in [-0.05, 0) is 43.4 Å². The molecule has 1 saturated heterocycles. The van der Waals surface area contributed by atoms with Gasteiger partial charge >= 0.3 is 6.09 Å². The second kappa shape index (κ2) is 10.5. The van der Waals surface area contributed by atoms with Crippen LogP contribution in [0.15, 0.2) is 18.2 Å². The summed E-state index contributed by atoms with van der Waals surface area (Å²) >= 11 is 0. The van der Waals surface area contributed by atoms with E-state index in [2.05, 4.69) is 4.90 Å². The van der Waals surface area contributed by atoms with Gasteiger partial charge in [0.2, 0.25) is 0 Å². The number of hydrogen-bond donors (Lipinski definition) is 1. The third-order valence-corrected chi connectivity index (χ3v) is 4.63. The molecule has 0 saturated carbocycles. The molecule has 27 heavy (non-hydrogen) atoms. The van der Waals surface area contributed by atoms with Crippen LogP contribution in [0.25, 0.3) is 0 Å². The summed E-state index contributed by atoms with van der Waals surface area (Å²) in [7, 11) is 0. The largest absolute Gasteiger partial charge is 0.491 e. The minimum absolute atomic E-state index is 0.232. The van der Waals surface area contributed by atoms with Crippen LogP contribution in [-0.2, 0) is 4.74 Å². The van der Waals surface area contributed by atoms with Crippen molar-refractivity contribution in [1.29, 1.82) is 0 Å². The molecule has 1 fully saturated rings. The first kappa shape index (κ1) is 21.5. The van der Waals surface area contributed by atoms with Gasteiger partial charge in [-0.3, -0.25) is 4.90 Å². The normalized spacial score (nSPS) is 16.9. The van der Waals surface area contributed by atoms with Gasteiger partial charge in [-0.25, -0.2) is 4.79 Å². The Bertz CT molecular complexity index is 606. The van der Waals surface area contributed by atoms with Gasteiger partial charge in [0.05, 0.1) is 6.61 Å². The van der Waals surface area contributed by atoms with E-state index in [-0.39, 0.29) is 12.7 Å². The summed E-state index contributed by atoms with van der Waals surface area (Å²) in [6, 6.07) is 6.07. The molecule has 1 unspecified atom stereocenters. The molecule has 1 amide bonds. The molecule has 0 radical (unpaired) electrons. The van der Waals surface area contributed by atoms with E-state index in [1.165, 1.54) is 0 Å². The number of amides is 1. The van der Waals surface area contributed by atoms with Gasteiger partial charge in [-0.1, -0.05) is 26.0 Å². The van der Waals surface area contributed by atoms with Gasteiger partial charge in [-0.2, -0.15) is 0 Å². The lowest BCUT2D eigenvalue weighted by atomic mass is 10.1. The number of carbonyl (C=O) groups is 1. The number of hydrogen-bond acceptors (Lipinski definition) is 5. The molecule has 1 atom stereocenters.